The Morgan fingerprint density at radius 1 is 1.45 bits per heavy atom. The molecule has 0 aromatic heterocycles. The number of esters is 1. The molecule has 7 heteroatoms. The van der Waals surface area contributed by atoms with Crippen molar-refractivity contribution in [1.82, 2.24) is 10.6 Å². The molecule has 0 bridgehead atoms. The van der Waals surface area contributed by atoms with Gasteiger partial charge >= 0.3 is 5.97 Å². The third-order valence-corrected chi connectivity index (χ3v) is 3.52. The Bertz CT molecular complexity index is 642. The van der Waals surface area contributed by atoms with Crippen LogP contribution in [0, 0.1) is 0 Å². The van der Waals surface area contributed by atoms with Crippen molar-refractivity contribution in [3.8, 4) is 11.5 Å². The van der Waals surface area contributed by atoms with Crippen LogP contribution in [0.2, 0.25) is 0 Å². The van der Waals surface area contributed by atoms with Gasteiger partial charge in [0.05, 0.1) is 25.3 Å². The van der Waals surface area contributed by atoms with E-state index >= 15 is 0 Å². The number of rotatable bonds is 4. The maximum Gasteiger partial charge on any atom is 0.338 e. The highest BCUT2D eigenvalue weighted by Gasteiger charge is 2.31. The highest BCUT2D eigenvalue weighted by molar-refractivity contribution is 7.80. The number of phenols is 1. The SMILES string of the molecule is CCOC(=O)C1=C(C)NC(=S)N[C@@H]1c1ccc(OC)c(O)c1. The van der Waals surface area contributed by atoms with Crippen LogP contribution in [0.4, 0.5) is 0 Å². The third kappa shape index (κ3) is 3.14. The van der Waals surface area contributed by atoms with Crippen molar-refractivity contribution in [3.05, 3.63) is 35.0 Å². The van der Waals surface area contributed by atoms with Crippen molar-refractivity contribution in [2.75, 3.05) is 13.7 Å². The largest absolute Gasteiger partial charge is 0.504 e. The Morgan fingerprint density at radius 3 is 2.77 bits per heavy atom. The lowest BCUT2D eigenvalue weighted by Crippen LogP contribution is -2.45. The minimum atomic E-state index is -0.496. The molecule has 1 heterocycles. The monoisotopic (exact) mass is 322 g/mol. The molecule has 0 spiro atoms. The first-order valence-electron chi connectivity index (χ1n) is 6.80. The summed E-state index contributed by atoms with van der Waals surface area (Å²) in [6.07, 6.45) is 0. The van der Waals surface area contributed by atoms with E-state index in [2.05, 4.69) is 10.6 Å². The van der Waals surface area contributed by atoms with Gasteiger partial charge in [0.25, 0.3) is 0 Å². The maximum atomic E-state index is 12.2. The number of aromatic hydroxyl groups is 1. The highest BCUT2D eigenvalue weighted by Crippen LogP contribution is 2.33. The van der Waals surface area contributed by atoms with Crippen LogP contribution in [0.25, 0.3) is 0 Å². The lowest BCUT2D eigenvalue weighted by Gasteiger charge is -2.30. The number of carbonyl (C=O) groups excluding carboxylic acids is 1. The predicted octanol–water partition coefficient (Wildman–Crippen LogP) is 1.76. The number of carbonyl (C=O) groups is 1. The van der Waals surface area contributed by atoms with E-state index in [1.165, 1.54) is 13.2 Å². The zero-order chi connectivity index (χ0) is 16.3. The molecule has 1 atom stereocenters. The van der Waals surface area contributed by atoms with Crippen molar-refractivity contribution in [2.24, 2.45) is 0 Å². The quantitative estimate of drug-likeness (QED) is 0.576. The average molecular weight is 322 g/mol. The molecule has 2 rings (SSSR count). The van der Waals surface area contributed by atoms with Gasteiger partial charge in [-0.15, -0.1) is 0 Å². The molecule has 0 saturated heterocycles. The number of thiocarbonyl (C=S) groups is 1. The second-order valence-corrected chi connectivity index (χ2v) is 5.13. The Balaban J connectivity index is 2.45. The predicted molar refractivity (Wildman–Crippen MR) is 85.6 cm³/mol. The third-order valence-electron chi connectivity index (χ3n) is 3.30. The molecule has 0 fully saturated rings. The van der Waals surface area contributed by atoms with Crippen molar-refractivity contribution in [1.29, 1.82) is 0 Å². The van der Waals surface area contributed by atoms with Crippen LogP contribution in [0.1, 0.15) is 25.5 Å². The second kappa shape index (κ2) is 6.65. The number of phenolic OH excluding ortho intramolecular Hbond substituents is 1. The number of methoxy groups -OCH3 is 1. The molecule has 0 radical (unpaired) electrons. The second-order valence-electron chi connectivity index (χ2n) is 4.72. The van der Waals surface area contributed by atoms with Gasteiger partial charge in [-0.3, -0.25) is 0 Å². The first-order chi connectivity index (χ1) is 10.5. The molecule has 0 amide bonds. The summed E-state index contributed by atoms with van der Waals surface area (Å²) in [7, 11) is 1.47. The molecular weight excluding hydrogens is 304 g/mol. The fourth-order valence-electron chi connectivity index (χ4n) is 2.31. The summed E-state index contributed by atoms with van der Waals surface area (Å²) < 4.78 is 10.1. The maximum absolute atomic E-state index is 12.2. The van der Waals surface area contributed by atoms with Crippen LogP contribution in [0.3, 0.4) is 0 Å². The average Bonchev–Trinajstić information content (AvgIpc) is 2.46. The van der Waals surface area contributed by atoms with Gasteiger partial charge in [0.15, 0.2) is 16.6 Å². The normalized spacial score (nSPS) is 17.6. The smallest absolute Gasteiger partial charge is 0.338 e. The standard InChI is InChI=1S/C15H18N2O4S/c1-4-21-14(19)12-8(2)16-15(22)17-13(12)9-5-6-11(20-3)10(18)7-9/h5-7,13,18H,4H2,1-3H3,(H2,16,17,22)/t13-/m1/s1. The molecule has 1 aromatic carbocycles. The highest BCUT2D eigenvalue weighted by atomic mass is 32.1. The van der Waals surface area contributed by atoms with Gasteiger partial charge in [-0.25, -0.2) is 4.79 Å². The fourth-order valence-corrected chi connectivity index (χ4v) is 2.58. The van der Waals surface area contributed by atoms with E-state index in [0.717, 1.165) is 0 Å². The van der Waals surface area contributed by atoms with E-state index in [1.807, 2.05) is 0 Å². The van der Waals surface area contributed by atoms with Crippen LogP contribution in [0.15, 0.2) is 29.5 Å². The number of nitrogens with one attached hydrogen (secondary N) is 2. The number of hydrogen-bond acceptors (Lipinski definition) is 5. The molecule has 6 nitrogen and oxygen atoms in total. The summed E-state index contributed by atoms with van der Waals surface area (Å²) in [5.74, 6) is -0.0754. The number of allylic oxidation sites excluding steroid dienone is 1. The van der Waals surface area contributed by atoms with Gasteiger partial charge in [0.2, 0.25) is 0 Å². The molecule has 1 aromatic rings. The molecule has 1 aliphatic rings. The Kier molecular flexibility index (Phi) is 4.87. The van der Waals surface area contributed by atoms with Crippen molar-refractivity contribution in [2.45, 2.75) is 19.9 Å². The van der Waals surface area contributed by atoms with Gasteiger partial charge in [-0.05, 0) is 43.8 Å². The zero-order valence-corrected chi connectivity index (χ0v) is 13.4. The Labute approximate surface area is 134 Å². The minimum absolute atomic E-state index is 0.00730. The van der Waals surface area contributed by atoms with Crippen LogP contribution in [0.5, 0.6) is 11.5 Å². The fraction of sp³-hybridized carbons (Fsp3) is 0.333. The topological polar surface area (TPSA) is 79.8 Å². The van der Waals surface area contributed by atoms with E-state index in [4.69, 9.17) is 21.7 Å². The van der Waals surface area contributed by atoms with Crippen LogP contribution < -0.4 is 15.4 Å². The molecule has 1 aliphatic heterocycles. The van der Waals surface area contributed by atoms with E-state index in [0.29, 0.717) is 27.7 Å². The number of ether oxygens (including phenoxy) is 2. The van der Waals surface area contributed by atoms with Gasteiger partial charge in [-0.1, -0.05) is 6.07 Å². The summed E-state index contributed by atoms with van der Waals surface area (Å²) in [5, 5.41) is 16.3. The van der Waals surface area contributed by atoms with E-state index in [9.17, 15) is 9.90 Å². The first kappa shape index (κ1) is 16.1. The van der Waals surface area contributed by atoms with Crippen molar-refractivity contribution >= 4 is 23.3 Å². The van der Waals surface area contributed by atoms with Crippen LogP contribution in [-0.2, 0) is 9.53 Å². The molecule has 118 valence electrons. The Morgan fingerprint density at radius 2 is 2.18 bits per heavy atom. The molecule has 0 unspecified atom stereocenters. The van der Waals surface area contributed by atoms with Crippen molar-refractivity contribution < 1.29 is 19.4 Å². The molecule has 3 N–H and O–H groups in total. The van der Waals surface area contributed by atoms with E-state index < -0.39 is 12.0 Å². The molecular formula is C15H18N2O4S. The van der Waals surface area contributed by atoms with E-state index in [1.54, 1.807) is 26.0 Å². The van der Waals surface area contributed by atoms with Crippen LogP contribution >= 0.6 is 12.2 Å². The summed E-state index contributed by atoms with van der Waals surface area (Å²) in [5.41, 5.74) is 1.74. The first-order valence-corrected chi connectivity index (χ1v) is 7.21. The van der Waals surface area contributed by atoms with E-state index in [-0.39, 0.29) is 12.4 Å². The van der Waals surface area contributed by atoms with Gasteiger partial charge in [0.1, 0.15) is 0 Å². The molecule has 0 aliphatic carbocycles. The lowest BCUT2D eigenvalue weighted by atomic mass is 9.95. The van der Waals surface area contributed by atoms with Crippen molar-refractivity contribution in [3.63, 3.8) is 0 Å². The van der Waals surface area contributed by atoms with Gasteiger partial charge in [0, 0.05) is 5.70 Å². The van der Waals surface area contributed by atoms with Gasteiger partial charge in [-0.2, -0.15) is 0 Å². The number of benzene rings is 1. The summed E-state index contributed by atoms with van der Waals surface area (Å²) in [6, 6.07) is 4.44. The minimum Gasteiger partial charge on any atom is -0.504 e. The van der Waals surface area contributed by atoms with Crippen LogP contribution in [-0.4, -0.2) is 29.9 Å². The summed E-state index contributed by atoms with van der Waals surface area (Å²) in [6.45, 7) is 3.78. The number of hydrogen-bond donors (Lipinski definition) is 3. The zero-order valence-electron chi connectivity index (χ0n) is 12.6. The summed E-state index contributed by atoms with van der Waals surface area (Å²) >= 11 is 5.15. The molecule has 0 saturated carbocycles. The Hall–Kier alpha value is -2.28. The van der Waals surface area contributed by atoms with Gasteiger partial charge < -0.3 is 25.2 Å². The molecule has 22 heavy (non-hydrogen) atoms. The summed E-state index contributed by atoms with van der Waals surface area (Å²) in [4.78, 5) is 12.2. The lowest BCUT2D eigenvalue weighted by molar-refractivity contribution is -0.139.